The number of carboxylic acids is 3. The topological polar surface area (TPSA) is 240 Å². The summed E-state index contributed by atoms with van der Waals surface area (Å²) in [5.74, 6) is -5.02. The molecule has 0 unspecified atom stereocenters. The van der Waals surface area contributed by atoms with Crippen LogP contribution in [0.3, 0.4) is 0 Å². The lowest BCUT2D eigenvalue weighted by Gasteiger charge is -2.05. The predicted octanol–water partition coefficient (Wildman–Crippen LogP) is 4.33. The van der Waals surface area contributed by atoms with Crippen molar-refractivity contribution in [3.05, 3.63) is 77.4 Å². The van der Waals surface area contributed by atoms with Crippen LogP contribution in [-0.4, -0.2) is 63.2 Å². The minimum atomic E-state index is -1.41. The van der Waals surface area contributed by atoms with Gasteiger partial charge in [0.2, 0.25) is 0 Å². The highest BCUT2D eigenvalue weighted by Crippen LogP contribution is 2.37. The van der Waals surface area contributed by atoms with Crippen LogP contribution < -0.4 is 10.6 Å². The van der Waals surface area contributed by atoms with Crippen molar-refractivity contribution < 1.29 is 44.4 Å². The monoisotopic (exact) mass is 576 g/mol. The van der Waals surface area contributed by atoms with Gasteiger partial charge in [-0.05, 0) is 54.6 Å². The Kier molecular flexibility index (Phi) is 10.5. The molecule has 3 aromatic rings. The first kappa shape index (κ1) is 30.6. The zero-order valence-corrected chi connectivity index (χ0v) is 21.7. The number of azo groups is 2. The highest BCUT2D eigenvalue weighted by molar-refractivity contribution is 5.95. The fourth-order valence-electron chi connectivity index (χ4n) is 3.25. The van der Waals surface area contributed by atoms with Crippen LogP contribution in [0.15, 0.2) is 81.1 Å². The molecule has 6 N–H and O–H groups in total. The lowest BCUT2D eigenvalue weighted by atomic mass is 10.1. The smallest absolute Gasteiger partial charge is 0.339 e. The van der Waals surface area contributed by atoms with Gasteiger partial charge in [-0.3, -0.25) is 19.2 Å². The molecule has 0 aromatic heterocycles. The molecule has 216 valence electrons. The Bertz CT molecular complexity index is 1550. The Morgan fingerprint density at radius 3 is 1.38 bits per heavy atom. The Balaban J connectivity index is 1.77. The van der Waals surface area contributed by atoms with Gasteiger partial charge in [0.15, 0.2) is 0 Å². The van der Waals surface area contributed by atoms with E-state index in [1.54, 1.807) is 0 Å². The number of aliphatic carboxylic acids is 2. The van der Waals surface area contributed by atoms with Crippen molar-refractivity contribution in [2.45, 2.75) is 12.8 Å². The largest absolute Gasteiger partial charge is 0.507 e. The molecule has 0 aliphatic heterocycles. The van der Waals surface area contributed by atoms with E-state index in [1.807, 2.05) is 0 Å². The number of phenols is 1. The number of rotatable bonds is 13. The van der Waals surface area contributed by atoms with Crippen molar-refractivity contribution in [3.8, 4) is 5.75 Å². The van der Waals surface area contributed by atoms with Crippen molar-refractivity contribution in [2.75, 3.05) is 13.1 Å². The van der Waals surface area contributed by atoms with Gasteiger partial charge >= 0.3 is 17.9 Å². The molecule has 3 rings (SSSR count). The molecule has 0 spiro atoms. The van der Waals surface area contributed by atoms with Gasteiger partial charge in [-0.2, -0.15) is 10.2 Å². The number of carbonyl (C=O) groups excluding carboxylic acids is 2. The Labute approximate surface area is 237 Å². The summed E-state index contributed by atoms with van der Waals surface area (Å²) in [4.78, 5) is 56.9. The zero-order valence-electron chi connectivity index (χ0n) is 21.7. The molecule has 3 aromatic carbocycles. The Hall–Kier alpha value is -5.99. The molecule has 2 amide bonds. The standard InChI is InChI=1S/C27H24N6O9/c34-22-14-21(33-31-18-7-3-16(4-8-18)26(40)29-12-10-24(37)38)20(13-19(22)27(41)42)32-30-17-5-1-15(2-6-17)25(39)28-11-9-23(35)36/h1-8,13-14,34H,9-12H2,(H,28,39)(H,29,40)(H,35,36)(H,37,38)(H,41,42). The maximum absolute atomic E-state index is 12.1. The number of aromatic hydroxyl groups is 1. The van der Waals surface area contributed by atoms with E-state index < -0.39 is 41.0 Å². The van der Waals surface area contributed by atoms with E-state index in [-0.39, 0.29) is 48.4 Å². The maximum Gasteiger partial charge on any atom is 0.339 e. The van der Waals surface area contributed by atoms with Gasteiger partial charge in [-0.1, -0.05) is 0 Å². The molecule has 0 aliphatic rings. The predicted molar refractivity (Wildman–Crippen MR) is 145 cm³/mol. The number of carboxylic acid groups (broad SMARTS) is 3. The van der Waals surface area contributed by atoms with Gasteiger partial charge in [-0.15, -0.1) is 10.2 Å². The molecule has 15 heteroatoms. The van der Waals surface area contributed by atoms with E-state index >= 15 is 0 Å². The Morgan fingerprint density at radius 2 is 1.00 bits per heavy atom. The SMILES string of the molecule is O=C(O)CCNC(=O)c1ccc(N=Nc2cc(O)c(C(=O)O)cc2N=Nc2ccc(C(=O)NCCC(=O)O)cc2)cc1. The quantitative estimate of drug-likeness (QED) is 0.158. The maximum atomic E-state index is 12.1. The van der Waals surface area contributed by atoms with E-state index in [1.165, 1.54) is 48.5 Å². The van der Waals surface area contributed by atoms with Crippen LogP contribution in [0.4, 0.5) is 22.7 Å². The number of aromatic carboxylic acids is 1. The summed E-state index contributed by atoms with van der Waals surface area (Å²) in [6.45, 7) is -0.0648. The van der Waals surface area contributed by atoms with Crippen LogP contribution in [0, 0.1) is 0 Å². The molecule has 0 radical (unpaired) electrons. The average molecular weight is 577 g/mol. The minimum Gasteiger partial charge on any atom is -0.507 e. The number of nitrogens with one attached hydrogen (secondary N) is 2. The number of carbonyl (C=O) groups is 5. The van der Waals surface area contributed by atoms with Crippen LogP contribution in [0.2, 0.25) is 0 Å². The minimum absolute atomic E-state index is 0.0221. The summed E-state index contributed by atoms with van der Waals surface area (Å²) in [5.41, 5.74) is 0.608. The number of nitrogens with zero attached hydrogens (tertiary/aromatic N) is 4. The number of hydrogen-bond acceptors (Lipinski definition) is 10. The first-order valence-corrected chi connectivity index (χ1v) is 12.2. The normalized spacial score (nSPS) is 11.0. The van der Waals surface area contributed by atoms with E-state index in [0.29, 0.717) is 11.4 Å². The van der Waals surface area contributed by atoms with Crippen molar-refractivity contribution in [1.82, 2.24) is 10.6 Å². The summed E-state index contributed by atoms with van der Waals surface area (Å²) < 4.78 is 0. The fourth-order valence-corrected chi connectivity index (χ4v) is 3.25. The molecule has 42 heavy (non-hydrogen) atoms. The molecule has 0 bridgehead atoms. The van der Waals surface area contributed by atoms with E-state index in [0.717, 1.165) is 12.1 Å². The highest BCUT2D eigenvalue weighted by atomic mass is 16.4. The van der Waals surface area contributed by atoms with Crippen molar-refractivity contribution in [2.24, 2.45) is 20.5 Å². The third-order valence-corrected chi connectivity index (χ3v) is 5.38. The van der Waals surface area contributed by atoms with Gasteiger partial charge < -0.3 is 31.1 Å². The molecule has 15 nitrogen and oxygen atoms in total. The van der Waals surface area contributed by atoms with Gasteiger partial charge in [0.1, 0.15) is 22.7 Å². The van der Waals surface area contributed by atoms with Gasteiger partial charge in [0.25, 0.3) is 11.8 Å². The van der Waals surface area contributed by atoms with Gasteiger partial charge in [-0.25, -0.2) is 4.79 Å². The van der Waals surface area contributed by atoms with Crippen LogP contribution in [0.25, 0.3) is 0 Å². The van der Waals surface area contributed by atoms with Crippen LogP contribution in [0.5, 0.6) is 5.75 Å². The van der Waals surface area contributed by atoms with E-state index in [4.69, 9.17) is 10.2 Å². The van der Waals surface area contributed by atoms with Crippen LogP contribution in [-0.2, 0) is 9.59 Å². The summed E-state index contributed by atoms with van der Waals surface area (Å²) in [7, 11) is 0. The molecule has 0 heterocycles. The summed E-state index contributed by atoms with van der Waals surface area (Å²) >= 11 is 0. The van der Waals surface area contributed by atoms with Gasteiger partial charge in [0.05, 0.1) is 24.2 Å². The summed E-state index contributed by atoms with van der Waals surface area (Å²) in [5, 5.41) is 57.9. The molecule has 0 saturated carbocycles. The second-order valence-electron chi connectivity index (χ2n) is 8.46. The van der Waals surface area contributed by atoms with Crippen LogP contribution >= 0.6 is 0 Å². The van der Waals surface area contributed by atoms with Crippen LogP contribution in [0.1, 0.15) is 43.9 Å². The zero-order chi connectivity index (χ0) is 30.6. The second-order valence-corrected chi connectivity index (χ2v) is 8.46. The van der Waals surface area contributed by atoms with Crippen molar-refractivity contribution >= 4 is 52.5 Å². The average Bonchev–Trinajstić information content (AvgIpc) is 2.95. The van der Waals surface area contributed by atoms with Crippen molar-refractivity contribution in [1.29, 1.82) is 0 Å². The lowest BCUT2D eigenvalue weighted by Crippen LogP contribution is -2.25. The first-order chi connectivity index (χ1) is 20.0. The molecule has 0 aliphatic carbocycles. The Morgan fingerprint density at radius 1 is 0.595 bits per heavy atom. The molecule has 0 atom stereocenters. The molecular weight excluding hydrogens is 552 g/mol. The number of benzene rings is 3. The first-order valence-electron chi connectivity index (χ1n) is 12.2. The third kappa shape index (κ3) is 9.04. The molecule has 0 fully saturated rings. The van der Waals surface area contributed by atoms with E-state index in [2.05, 4.69) is 31.1 Å². The second kappa shape index (κ2) is 14.4. The number of amides is 2. The lowest BCUT2D eigenvalue weighted by molar-refractivity contribution is -0.137. The van der Waals surface area contributed by atoms with Gasteiger partial charge in [0, 0.05) is 30.3 Å². The van der Waals surface area contributed by atoms with Crippen molar-refractivity contribution in [3.63, 3.8) is 0 Å². The summed E-state index contributed by atoms with van der Waals surface area (Å²) in [6, 6.07) is 13.8. The number of hydrogen-bond donors (Lipinski definition) is 6. The summed E-state index contributed by atoms with van der Waals surface area (Å²) in [6.07, 6.45) is -0.439. The fraction of sp³-hybridized carbons (Fsp3) is 0.148. The van der Waals surface area contributed by atoms with E-state index in [9.17, 15) is 34.2 Å². The molecular formula is C27H24N6O9. The third-order valence-electron chi connectivity index (χ3n) is 5.38. The highest BCUT2D eigenvalue weighted by Gasteiger charge is 2.15. The molecule has 0 saturated heterocycles.